The van der Waals surface area contributed by atoms with Crippen LogP contribution < -0.4 is 10.5 Å². The van der Waals surface area contributed by atoms with Gasteiger partial charge in [-0.3, -0.25) is 0 Å². The van der Waals surface area contributed by atoms with Crippen molar-refractivity contribution in [3.8, 4) is 0 Å². The van der Waals surface area contributed by atoms with Gasteiger partial charge in [-0.15, -0.1) is 0 Å². The van der Waals surface area contributed by atoms with Crippen molar-refractivity contribution in [2.24, 2.45) is 0 Å². The summed E-state index contributed by atoms with van der Waals surface area (Å²) >= 11 is 0. The lowest BCUT2D eigenvalue weighted by Gasteiger charge is -2.19. The summed E-state index contributed by atoms with van der Waals surface area (Å²) in [4.78, 5) is 3.84. The average molecular weight is 269 g/mol. The quantitative estimate of drug-likeness (QED) is 0.821. The Morgan fingerprint density at radius 1 is 1.44 bits per heavy atom. The van der Waals surface area contributed by atoms with Crippen LogP contribution in [-0.4, -0.2) is 31.7 Å². The topological polar surface area (TPSA) is 94.3 Å². The molecule has 18 heavy (non-hydrogen) atoms. The number of anilines is 1. The molecule has 0 aliphatic carbocycles. The smallest absolute Gasteiger partial charge is 0.260 e. The third kappa shape index (κ3) is 1.98. The lowest BCUT2D eigenvalue weighted by atomic mass is 9.96. The third-order valence-electron chi connectivity index (χ3n) is 3.47. The molecule has 3 heterocycles. The summed E-state index contributed by atoms with van der Waals surface area (Å²) in [7, 11) is -3.66. The highest BCUT2D eigenvalue weighted by Gasteiger charge is 2.42. The highest BCUT2D eigenvalue weighted by Crippen LogP contribution is 2.35. The van der Waals surface area contributed by atoms with E-state index in [1.165, 1.54) is 12.3 Å². The second-order valence-electron chi connectivity index (χ2n) is 4.74. The standard InChI is InChI=1S/C11H15N3O3S/c12-8-2-1-5-13-11(8)18(15,16)14-9-6-7-3-4-10(9)17-7/h1-2,5,7,9-10,14H,3-4,6,12H2. The first-order chi connectivity index (χ1) is 8.56. The van der Waals surface area contributed by atoms with E-state index in [0.29, 0.717) is 0 Å². The van der Waals surface area contributed by atoms with Gasteiger partial charge in [0, 0.05) is 6.20 Å². The van der Waals surface area contributed by atoms with E-state index in [9.17, 15) is 8.42 Å². The predicted molar refractivity (Wildman–Crippen MR) is 65.3 cm³/mol. The molecule has 0 radical (unpaired) electrons. The van der Waals surface area contributed by atoms with Gasteiger partial charge < -0.3 is 10.5 Å². The van der Waals surface area contributed by atoms with Crippen molar-refractivity contribution in [1.82, 2.24) is 9.71 Å². The molecule has 2 fully saturated rings. The molecule has 2 aliphatic rings. The van der Waals surface area contributed by atoms with Crippen LogP contribution in [0, 0.1) is 0 Å². The molecule has 0 aromatic carbocycles. The molecule has 3 rings (SSSR count). The van der Waals surface area contributed by atoms with Crippen LogP contribution in [0.25, 0.3) is 0 Å². The van der Waals surface area contributed by atoms with Gasteiger partial charge in [0.2, 0.25) is 0 Å². The zero-order chi connectivity index (χ0) is 12.8. The molecule has 1 aromatic heterocycles. The average Bonchev–Trinajstić information content (AvgIpc) is 2.90. The first-order valence-corrected chi connectivity index (χ1v) is 7.43. The number of hydrogen-bond acceptors (Lipinski definition) is 5. The zero-order valence-electron chi connectivity index (χ0n) is 9.74. The number of sulfonamides is 1. The van der Waals surface area contributed by atoms with Crippen LogP contribution >= 0.6 is 0 Å². The summed E-state index contributed by atoms with van der Waals surface area (Å²) in [6.45, 7) is 0. The van der Waals surface area contributed by atoms with E-state index in [2.05, 4.69) is 9.71 Å². The lowest BCUT2D eigenvalue weighted by molar-refractivity contribution is 0.0996. The molecule has 3 N–H and O–H groups in total. The van der Waals surface area contributed by atoms with Gasteiger partial charge in [-0.25, -0.2) is 18.1 Å². The van der Waals surface area contributed by atoms with Crippen molar-refractivity contribution in [3.63, 3.8) is 0 Å². The number of pyridine rings is 1. The molecule has 98 valence electrons. The van der Waals surface area contributed by atoms with Crippen LogP contribution in [0.2, 0.25) is 0 Å². The first kappa shape index (κ1) is 11.9. The minimum Gasteiger partial charge on any atom is -0.396 e. The predicted octanol–water partition coefficient (Wildman–Crippen LogP) is 0.262. The molecule has 2 aliphatic heterocycles. The molecule has 3 atom stereocenters. The van der Waals surface area contributed by atoms with Gasteiger partial charge in [0.05, 0.1) is 23.9 Å². The van der Waals surface area contributed by atoms with Crippen molar-refractivity contribution in [2.45, 2.75) is 42.5 Å². The number of nitrogens with two attached hydrogens (primary N) is 1. The van der Waals surface area contributed by atoms with Gasteiger partial charge in [-0.2, -0.15) is 0 Å². The normalized spacial score (nSPS) is 30.8. The third-order valence-corrected chi connectivity index (χ3v) is 4.93. The Kier molecular flexibility index (Phi) is 2.76. The fraction of sp³-hybridized carbons (Fsp3) is 0.545. The molecular weight excluding hydrogens is 254 g/mol. The van der Waals surface area contributed by atoms with Gasteiger partial charge in [-0.05, 0) is 31.4 Å². The summed E-state index contributed by atoms with van der Waals surface area (Å²) in [6.07, 6.45) is 4.28. The van der Waals surface area contributed by atoms with E-state index in [0.717, 1.165) is 19.3 Å². The number of nitrogen functional groups attached to an aromatic ring is 1. The highest BCUT2D eigenvalue weighted by molar-refractivity contribution is 7.89. The minimum atomic E-state index is -3.66. The van der Waals surface area contributed by atoms with Crippen molar-refractivity contribution in [1.29, 1.82) is 0 Å². The summed E-state index contributed by atoms with van der Waals surface area (Å²) < 4.78 is 32.6. The number of ether oxygens (including phenoxy) is 1. The Balaban J connectivity index is 1.82. The molecule has 2 bridgehead atoms. The summed E-state index contributed by atoms with van der Waals surface area (Å²) in [5.41, 5.74) is 5.81. The maximum Gasteiger partial charge on any atom is 0.260 e. The molecule has 0 saturated carbocycles. The van der Waals surface area contributed by atoms with E-state index < -0.39 is 10.0 Å². The Bertz CT molecular complexity index is 560. The van der Waals surface area contributed by atoms with E-state index in [1.54, 1.807) is 6.07 Å². The fourth-order valence-corrected chi connectivity index (χ4v) is 3.98. The number of nitrogens with one attached hydrogen (secondary N) is 1. The highest BCUT2D eigenvalue weighted by atomic mass is 32.2. The second-order valence-corrected chi connectivity index (χ2v) is 6.36. The Labute approximate surface area is 106 Å². The van der Waals surface area contributed by atoms with Crippen LogP contribution in [0.3, 0.4) is 0 Å². The van der Waals surface area contributed by atoms with Crippen molar-refractivity contribution in [3.05, 3.63) is 18.3 Å². The molecule has 2 saturated heterocycles. The number of hydrogen-bond donors (Lipinski definition) is 2. The molecule has 1 aromatic rings. The molecular formula is C11H15N3O3S. The number of aromatic nitrogens is 1. The van der Waals surface area contributed by atoms with Crippen molar-refractivity contribution in [2.75, 3.05) is 5.73 Å². The van der Waals surface area contributed by atoms with Crippen molar-refractivity contribution >= 4 is 15.7 Å². The lowest BCUT2D eigenvalue weighted by Crippen LogP contribution is -2.41. The number of nitrogens with zero attached hydrogens (tertiary/aromatic N) is 1. The Hall–Kier alpha value is -1.18. The monoisotopic (exact) mass is 269 g/mol. The Morgan fingerprint density at radius 3 is 2.89 bits per heavy atom. The van der Waals surface area contributed by atoms with Gasteiger partial charge in [0.25, 0.3) is 10.0 Å². The van der Waals surface area contributed by atoms with Crippen LogP contribution in [0.1, 0.15) is 19.3 Å². The van der Waals surface area contributed by atoms with E-state index in [-0.39, 0.29) is 29.0 Å². The summed E-state index contributed by atoms with van der Waals surface area (Å²) in [6, 6.07) is 2.98. The number of fused-ring (bicyclic) bond motifs is 2. The van der Waals surface area contributed by atoms with E-state index >= 15 is 0 Å². The molecule has 0 amide bonds. The maximum absolute atomic E-state index is 12.2. The van der Waals surface area contributed by atoms with Crippen LogP contribution in [0.15, 0.2) is 23.4 Å². The molecule has 3 unspecified atom stereocenters. The van der Waals surface area contributed by atoms with Gasteiger partial charge in [0.1, 0.15) is 0 Å². The molecule has 0 spiro atoms. The Morgan fingerprint density at radius 2 is 2.28 bits per heavy atom. The zero-order valence-corrected chi connectivity index (χ0v) is 10.6. The van der Waals surface area contributed by atoms with Gasteiger partial charge >= 0.3 is 0 Å². The van der Waals surface area contributed by atoms with Crippen LogP contribution in [0.5, 0.6) is 0 Å². The van der Waals surface area contributed by atoms with Crippen LogP contribution in [0.4, 0.5) is 5.69 Å². The fourth-order valence-electron chi connectivity index (χ4n) is 2.64. The maximum atomic E-state index is 12.2. The number of rotatable bonds is 3. The molecule has 6 nitrogen and oxygen atoms in total. The SMILES string of the molecule is Nc1cccnc1S(=O)(=O)NC1CC2CCC1O2. The van der Waals surface area contributed by atoms with Crippen molar-refractivity contribution < 1.29 is 13.2 Å². The van der Waals surface area contributed by atoms with Crippen LogP contribution in [-0.2, 0) is 14.8 Å². The van der Waals surface area contributed by atoms with E-state index in [4.69, 9.17) is 10.5 Å². The minimum absolute atomic E-state index is 0.00490. The second kappa shape index (κ2) is 4.18. The van der Waals surface area contributed by atoms with Gasteiger partial charge in [-0.1, -0.05) is 0 Å². The summed E-state index contributed by atoms with van der Waals surface area (Å²) in [5, 5.41) is -0.104. The summed E-state index contributed by atoms with van der Waals surface area (Å²) in [5.74, 6) is 0. The molecule has 7 heteroatoms. The van der Waals surface area contributed by atoms with E-state index in [1.807, 2.05) is 0 Å². The largest absolute Gasteiger partial charge is 0.396 e. The first-order valence-electron chi connectivity index (χ1n) is 5.94. The van der Waals surface area contributed by atoms with Gasteiger partial charge in [0.15, 0.2) is 5.03 Å².